The molecule has 0 aliphatic carbocycles. The molecule has 2 aliphatic rings. The average Bonchev–Trinajstić information content (AvgIpc) is 3.30. The van der Waals surface area contributed by atoms with Crippen LogP contribution in [0.3, 0.4) is 0 Å². The second-order valence-electron chi connectivity index (χ2n) is 6.36. The summed E-state index contributed by atoms with van der Waals surface area (Å²) in [5, 5.41) is 8.55. The van der Waals surface area contributed by atoms with Gasteiger partial charge in [0.05, 0.1) is 12.8 Å². The molecular formula is C14H20N4O8S3. The molecule has 29 heavy (non-hydrogen) atoms. The molecule has 12 nitrogen and oxygen atoms in total. The van der Waals surface area contributed by atoms with Crippen molar-refractivity contribution in [3.05, 3.63) is 0 Å². The summed E-state index contributed by atoms with van der Waals surface area (Å²) in [5.41, 5.74) is -0.395. The Morgan fingerprint density at radius 3 is 2.52 bits per heavy atom. The molecular weight excluding hydrogens is 448 g/mol. The predicted octanol–water partition coefficient (Wildman–Crippen LogP) is 0.310. The first-order chi connectivity index (χ1) is 13.5. The molecule has 0 saturated carbocycles. The van der Waals surface area contributed by atoms with Crippen LogP contribution in [-0.2, 0) is 34.1 Å². The van der Waals surface area contributed by atoms with E-state index >= 15 is 0 Å². The summed E-state index contributed by atoms with van der Waals surface area (Å²) < 4.78 is 30.9. The first-order valence-corrected chi connectivity index (χ1v) is 12.5. The number of hydrogen-bond donors (Lipinski definition) is 2. The zero-order valence-electron chi connectivity index (χ0n) is 15.4. The van der Waals surface area contributed by atoms with E-state index in [0.29, 0.717) is 30.9 Å². The summed E-state index contributed by atoms with van der Waals surface area (Å²) in [6.45, 7) is 2.31. The molecule has 2 aliphatic heterocycles. The first-order valence-electron chi connectivity index (χ1n) is 8.51. The van der Waals surface area contributed by atoms with Gasteiger partial charge in [0.15, 0.2) is 10.9 Å². The minimum atomic E-state index is -4.75. The lowest BCUT2D eigenvalue weighted by Crippen LogP contribution is -2.36. The third-order valence-electron chi connectivity index (χ3n) is 3.86. The van der Waals surface area contributed by atoms with Crippen molar-refractivity contribution in [2.75, 3.05) is 18.1 Å². The van der Waals surface area contributed by atoms with Crippen LogP contribution in [0.1, 0.15) is 32.6 Å². The van der Waals surface area contributed by atoms with Gasteiger partial charge >= 0.3 is 5.97 Å². The average molecular weight is 469 g/mol. The van der Waals surface area contributed by atoms with Crippen LogP contribution in [0.15, 0.2) is 10.2 Å². The molecule has 2 N–H and O–H groups in total. The van der Waals surface area contributed by atoms with Crippen molar-refractivity contribution in [2.24, 2.45) is 10.2 Å². The van der Waals surface area contributed by atoms with E-state index in [9.17, 15) is 27.6 Å². The second-order valence-corrected chi connectivity index (χ2v) is 10.7. The molecule has 0 bridgehead atoms. The normalized spacial score (nSPS) is 20.1. The van der Waals surface area contributed by atoms with Crippen LogP contribution in [0, 0.1) is 0 Å². The maximum absolute atomic E-state index is 11.7. The topological polar surface area (TPSA) is 172 Å². The summed E-state index contributed by atoms with van der Waals surface area (Å²) in [6, 6.07) is 0. The highest BCUT2D eigenvalue weighted by atomic mass is 33.1. The largest absolute Gasteiger partial charge is 0.355 e. The van der Waals surface area contributed by atoms with Crippen molar-refractivity contribution in [3.8, 4) is 0 Å². The Bertz CT molecular complexity index is 810. The van der Waals surface area contributed by atoms with Crippen LogP contribution >= 0.6 is 21.6 Å². The molecule has 15 heteroatoms. The molecule has 3 amide bonds. The van der Waals surface area contributed by atoms with Crippen LogP contribution in [0.5, 0.6) is 0 Å². The molecule has 1 fully saturated rings. The number of carbonyl (C=O) groups excluding carboxylic acids is 4. The Morgan fingerprint density at radius 1 is 1.28 bits per heavy atom. The standard InChI is InChI=1S/C14H20N4O8S3/c1-14(16-17-14)4-2-10(19)15-5-7-28-27-6-3-12(21)26-18-11(20)8-9(13(18)22)29(23,24)25/h9H,2-8H2,1H3,(H,15,19)(H,23,24,25). The Hall–Kier alpha value is -1.71. The zero-order valence-corrected chi connectivity index (χ0v) is 17.8. The van der Waals surface area contributed by atoms with Crippen LogP contribution in [0.2, 0.25) is 0 Å². The smallest absolute Gasteiger partial charge is 0.334 e. The molecule has 0 aromatic carbocycles. The Labute approximate surface area is 174 Å². The minimum Gasteiger partial charge on any atom is -0.355 e. The van der Waals surface area contributed by atoms with Gasteiger partial charge < -0.3 is 10.2 Å². The van der Waals surface area contributed by atoms with E-state index in [1.807, 2.05) is 6.92 Å². The van der Waals surface area contributed by atoms with Crippen LogP contribution in [-0.4, -0.2) is 70.7 Å². The van der Waals surface area contributed by atoms with Gasteiger partial charge in [-0.2, -0.15) is 18.6 Å². The Kier molecular flexibility index (Phi) is 8.02. The molecule has 162 valence electrons. The number of imide groups is 1. The number of amides is 3. The van der Waals surface area contributed by atoms with Crippen molar-refractivity contribution in [3.63, 3.8) is 0 Å². The van der Waals surface area contributed by atoms with E-state index in [1.165, 1.54) is 21.6 Å². The van der Waals surface area contributed by atoms with Crippen LogP contribution < -0.4 is 5.32 Å². The van der Waals surface area contributed by atoms with Gasteiger partial charge in [0.1, 0.15) is 0 Å². The highest BCUT2D eigenvalue weighted by Gasteiger charge is 2.48. The highest BCUT2D eigenvalue weighted by Crippen LogP contribution is 2.31. The van der Waals surface area contributed by atoms with Crippen LogP contribution in [0.25, 0.3) is 0 Å². The van der Waals surface area contributed by atoms with E-state index in [4.69, 9.17) is 4.55 Å². The van der Waals surface area contributed by atoms with Gasteiger partial charge in [-0.05, 0) is 6.92 Å². The summed E-state index contributed by atoms with van der Waals surface area (Å²) in [5.74, 6) is -2.34. The number of nitrogens with one attached hydrogen (secondary N) is 1. The molecule has 2 heterocycles. The van der Waals surface area contributed by atoms with Crippen molar-refractivity contribution in [2.45, 2.75) is 43.5 Å². The summed E-state index contributed by atoms with van der Waals surface area (Å²) in [7, 11) is -1.99. The minimum absolute atomic E-state index is 0.0801. The number of hydroxylamine groups is 2. The van der Waals surface area contributed by atoms with Crippen LogP contribution in [0.4, 0.5) is 0 Å². The lowest BCUT2D eigenvalue weighted by Gasteiger charge is -2.13. The highest BCUT2D eigenvalue weighted by molar-refractivity contribution is 8.76. The summed E-state index contributed by atoms with van der Waals surface area (Å²) >= 11 is 0. The van der Waals surface area contributed by atoms with Gasteiger partial charge in [0, 0.05) is 30.9 Å². The van der Waals surface area contributed by atoms with Gasteiger partial charge in [-0.25, -0.2) is 4.79 Å². The van der Waals surface area contributed by atoms with Gasteiger partial charge in [-0.1, -0.05) is 21.6 Å². The molecule has 1 unspecified atom stereocenters. The van der Waals surface area contributed by atoms with Crippen molar-refractivity contribution in [1.29, 1.82) is 0 Å². The number of nitrogens with zero attached hydrogens (tertiary/aromatic N) is 3. The fourth-order valence-electron chi connectivity index (χ4n) is 2.16. The number of rotatable bonds is 12. The van der Waals surface area contributed by atoms with Crippen molar-refractivity contribution < 1.29 is 37.0 Å². The first kappa shape index (κ1) is 23.6. The third-order valence-corrected chi connectivity index (χ3v) is 7.36. The molecule has 0 spiro atoms. The maximum atomic E-state index is 11.7. The fourth-order valence-corrected chi connectivity index (χ4v) is 4.74. The van der Waals surface area contributed by atoms with Crippen molar-refractivity contribution >= 4 is 55.4 Å². The monoisotopic (exact) mass is 468 g/mol. The van der Waals surface area contributed by atoms with E-state index in [1.54, 1.807) is 0 Å². The van der Waals surface area contributed by atoms with E-state index in [0.717, 1.165) is 0 Å². The predicted molar refractivity (Wildman–Crippen MR) is 103 cm³/mol. The zero-order chi connectivity index (χ0) is 21.7. The number of hydrogen-bond acceptors (Lipinski definition) is 11. The quantitative estimate of drug-likeness (QED) is 0.176. The number of carbonyl (C=O) groups is 4. The van der Waals surface area contributed by atoms with Gasteiger partial charge in [-0.15, -0.1) is 5.06 Å². The fraction of sp³-hybridized carbons (Fsp3) is 0.714. The molecule has 2 rings (SSSR count). The molecule has 0 radical (unpaired) electrons. The van der Waals surface area contributed by atoms with Gasteiger partial charge in [0.25, 0.3) is 21.9 Å². The lowest BCUT2D eigenvalue weighted by atomic mass is 10.1. The Balaban J connectivity index is 1.53. The maximum Gasteiger partial charge on any atom is 0.334 e. The van der Waals surface area contributed by atoms with Gasteiger partial charge in [0.2, 0.25) is 5.91 Å². The van der Waals surface area contributed by atoms with Crippen molar-refractivity contribution in [1.82, 2.24) is 10.4 Å². The summed E-state index contributed by atoms with van der Waals surface area (Å²) in [4.78, 5) is 51.3. The third kappa shape index (κ3) is 7.56. The van der Waals surface area contributed by atoms with Gasteiger partial charge in [-0.3, -0.25) is 18.9 Å². The van der Waals surface area contributed by atoms with E-state index in [2.05, 4.69) is 20.4 Å². The molecule has 0 aromatic rings. The SMILES string of the molecule is CC1(CCC(=O)NCCSSCCC(=O)ON2C(=O)CC(S(=O)(=O)O)C2=O)N=N1. The second kappa shape index (κ2) is 9.86. The Morgan fingerprint density at radius 2 is 1.93 bits per heavy atom. The molecule has 1 saturated heterocycles. The molecule has 1 atom stereocenters. The van der Waals surface area contributed by atoms with E-state index < -0.39 is 45.2 Å². The lowest BCUT2D eigenvalue weighted by molar-refractivity contribution is -0.197. The van der Waals surface area contributed by atoms with E-state index in [-0.39, 0.29) is 17.4 Å². The summed E-state index contributed by atoms with van der Waals surface area (Å²) in [6.07, 6.45) is 0.0304. The molecule has 0 aromatic heterocycles.